The first-order valence-electron chi connectivity index (χ1n) is 1.12. The Balaban J connectivity index is -0.0000000800. The van der Waals surface area contributed by atoms with Crippen molar-refractivity contribution in [1.29, 1.82) is 0 Å². The van der Waals surface area contributed by atoms with Crippen molar-refractivity contribution >= 4 is 7.32 Å². The maximum Gasteiger partial charge on any atom is 1.00 e. The zero-order valence-electron chi connectivity index (χ0n) is 4.80. The fraction of sp³-hybridized carbons (Fsp3) is 1.00. The summed E-state index contributed by atoms with van der Waals surface area (Å²) in [4.78, 5) is 0. The van der Waals surface area contributed by atoms with Gasteiger partial charge in [0.15, 0.2) is 0 Å². The molecule has 0 spiro atoms. The molecule has 0 N–H and O–H groups in total. The molecule has 0 bridgehead atoms. The van der Waals surface area contributed by atoms with Crippen LogP contribution in [0.2, 0.25) is 0 Å². The van der Waals surface area contributed by atoms with E-state index in [-0.39, 0.29) is 59.1 Å². The van der Waals surface area contributed by atoms with Crippen LogP contribution in [0, 0.1) is 0 Å². The van der Waals surface area contributed by atoms with E-state index < -0.39 is 7.32 Å². The van der Waals surface area contributed by atoms with Crippen molar-refractivity contribution in [3.8, 4) is 0 Å². The van der Waals surface area contributed by atoms with Crippen LogP contribution in [0.5, 0.6) is 0 Å². The average molecular weight is 120 g/mol. The summed E-state index contributed by atoms with van der Waals surface area (Å²) in [6.07, 6.45) is 0. The number of hydrogen-bond donors (Lipinski definition) is 0. The minimum atomic E-state index is -2.12. The van der Waals surface area contributed by atoms with Crippen LogP contribution in [0.1, 0.15) is 0 Å². The van der Waals surface area contributed by atoms with Crippen LogP contribution in [-0.4, -0.2) is 14.4 Å². The van der Waals surface area contributed by atoms with E-state index >= 15 is 0 Å². The van der Waals surface area contributed by atoms with Gasteiger partial charge in [0.05, 0.1) is 7.32 Å². The van der Waals surface area contributed by atoms with E-state index in [1.54, 1.807) is 0 Å². The van der Waals surface area contributed by atoms with E-state index in [0.717, 1.165) is 7.11 Å². The van der Waals surface area contributed by atoms with Gasteiger partial charge in [-0.1, -0.05) is 0 Å². The summed E-state index contributed by atoms with van der Waals surface area (Å²) in [7, 11) is -1.04. The van der Waals surface area contributed by atoms with E-state index in [9.17, 15) is 0 Å². The van der Waals surface area contributed by atoms with Gasteiger partial charge in [-0.2, -0.15) is 0 Å². The Labute approximate surface area is 87.2 Å². The van der Waals surface area contributed by atoms with E-state index in [1.807, 2.05) is 0 Å². The van der Waals surface area contributed by atoms with E-state index in [2.05, 4.69) is 4.65 Å². The van der Waals surface area contributed by atoms with Crippen molar-refractivity contribution in [3.05, 3.63) is 0 Å². The average Bonchev–Trinajstić information content (AvgIpc) is 1.38. The maximum absolute atomic E-state index is 9.12. The third kappa shape index (κ3) is 18.0. The molecule has 0 fully saturated rings. The molecule has 30 valence electrons. The summed E-state index contributed by atoms with van der Waals surface area (Å²) in [5.41, 5.74) is 0. The zero-order valence-corrected chi connectivity index (χ0v) is 8.80. The van der Waals surface area contributed by atoms with Crippen LogP contribution in [-0.2, 0) is 4.65 Å². The largest absolute Gasteiger partial charge is 1.00 e. The van der Waals surface area contributed by atoms with Gasteiger partial charge in [-0.15, -0.1) is 0 Å². The molecule has 0 aromatic carbocycles. The Bertz CT molecular complexity index is 26.9. The first-order chi connectivity index (χ1) is 2.27. The molecule has 3 nitrogen and oxygen atoms in total. The van der Waals surface area contributed by atoms with Crippen LogP contribution in [0.25, 0.3) is 0 Å². The van der Waals surface area contributed by atoms with Crippen molar-refractivity contribution in [1.82, 2.24) is 0 Å². The summed E-state index contributed by atoms with van der Waals surface area (Å²) in [6, 6.07) is 0. The number of hydrogen-bond acceptors (Lipinski definition) is 3. The molecule has 0 saturated carbocycles. The van der Waals surface area contributed by atoms with E-state index in [0.29, 0.717) is 0 Å². The fourth-order valence-corrected chi connectivity index (χ4v) is 0. The molecule has 0 aromatic rings. The Kier molecular flexibility index (Phi) is 24.7. The second kappa shape index (κ2) is 10.8. The second-order valence-corrected chi connectivity index (χ2v) is 0.524. The Morgan fingerprint density at radius 3 is 1.43 bits per heavy atom. The van der Waals surface area contributed by atoms with Gasteiger partial charge < -0.3 is 14.7 Å². The molecule has 7 heavy (non-hydrogen) atoms. The van der Waals surface area contributed by atoms with Gasteiger partial charge in [-0.05, 0) is 0 Å². The van der Waals surface area contributed by atoms with Gasteiger partial charge in [0.25, 0.3) is 0 Å². The standard InChI is InChI=1S/CH3BO3.2Na/c1-5-2(3)4;;/h1H3;;/q-2;2*+1. The molecule has 0 aromatic heterocycles. The van der Waals surface area contributed by atoms with E-state index in [4.69, 9.17) is 10.0 Å². The quantitative estimate of drug-likeness (QED) is 0.323. The monoisotopic (exact) mass is 120 g/mol. The van der Waals surface area contributed by atoms with Gasteiger partial charge in [-0.25, -0.2) is 0 Å². The van der Waals surface area contributed by atoms with Crippen molar-refractivity contribution in [2.45, 2.75) is 0 Å². The number of rotatable bonds is 1. The van der Waals surface area contributed by atoms with Crippen LogP contribution < -0.4 is 69.2 Å². The molecule has 0 aliphatic rings. The van der Waals surface area contributed by atoms with Gasteiger partial charge in [-0.3, -0.25) is 0 Å². The SMILES string of the molecule is COB([O-])[O-].[Na+].[Na+]. The Morgan fingerprint density at radius 2 is 1.43 bits per heavy atom. The minimum Gasteiger partial charge on any atom is -0.871 e. The maximum atomic E-state index is 9.12. The summed E-state index contributed by atoms with van der Waals surface area (Å²) >= 11 is 0. The van der Waals surface area contributed by atoms with Crippen LogP contribution in [0.4, 0.5) is 0 Å². The third-order valence-electron chi connectivity index (χ3n) is 0.192. The second-order valence-electron chi connectivity index (χ2n) is 0.524. The Morgan fingerprint density at radius 1 is 1.29 bits per heavy atom. The van der Waals surface area contributed by atoms with Crippen molar-refractivity contribution in [2.75, 3.05) is 7.11 Å². The molecule has 0 unspecified atom stereocenters. The summed E-state index contributed by atoms with van der Waals surface area (Å²) < 4.78 is 3.64. The molecule has 0 amide bonds. The fourth-order valence-electron chi connectivity index (χ4n) is 0. The zero-order chi connectivity index (χ0) is 4.28. The smallest absolute Gasteiger partial charge is 0.871 e. The van der Waals surface area contributed by atoms with Crippen molar-refractivity contribution in [3.63, 3.8) is 0 Å². The van der Waals surface area contributed by atoms with Gasteiger partial charge in [0.2, 0.25) is 0 Å². The molecule has 0 rings (SSSR count). The van der Waals surface area contributed by atoms with Gasteiger partial charge in [0, 0.05) is 7.11 Å². The molecule has 6 heteroatoms. The predicted molar refractivity (Wildman–Crippen MR) is 12.8 cm³/mol. The minimum absolute atomic E-state index is 0. The third-order valence-corrected chi connectivity index (χ3v) is 0.192. The normalized spacial score (nSPS) is 5.57. The summed E-state index contributed by atoms with van der Waals surface area (Å²) in [6.45, 7) is 0. The van der Waals surface area contributed by atoms with E-state index in [1.165, 1.54) is 0 Å². The van der Waals surface area contributed by atoms with Crippen LogP contribution in [0.15, 0.2) is 0 Å². The van der Waals surface area contributed by atoms with Crippen molar-refractivity contribution in [2.24, 2.45) is 0 Å². The Hall–Kier alpha value is 1.94. The topological polar surface area (TPSA) is 55.3 Å². The van der Waals surface area contributed by atoms with Crippen molar-refractivity contribution < 1.29 is 73.8 Å². The molecule has 0 radical (unpaired) electrons. The van der Waals surface area contributed by atoms with Gasteiger partial charge >= 0.3 is 59.1 Å². The molecular formula is CH3BNa2O3. The molecule has 0 heterocycles. The predicted octanol–water partition coefficient (Wildman–Crippen LogP) is -8.65. The molecule has 0 aliphatic carbocycles. The first kappa shape index (κ1) is 16.0. The van der Waals surface area contributed by atoms with Crippen LogP contribution >= 0.6 is 0 Å². The first-order valence-corrected chi connectivity index (χ1v) is 1.12. The summed E-state index contributed by atoms with van der Waals surface area (Å²) in [5, 5.41) is 18.2. The molecular weight excluding hydrogens is 117 g/mol. The van der Waals surface area contributed by atoms with Crippen LogP contribution in [0.3, 0.4) is 0 Å². The van der Waals surface area contributed by atoms with Gasteiger partial charge in [0.1, 0.15) is 0 Å². The summed E-state index contributed by atoms with van der Waals surface area (Å²) in [5.74, 6) is 0. The molecule has 0 aliphatic heterocycles. The molecule has 0 atom stereocenters. The molecule has 0 saturated heterocycles.